The zero-order chi connectivity index (χ0) is 14.4. The molecule has 2 rings (SSSR count). The molecule has 0 aromatic heterocycles. The first-order valence-corrected chi connectivity index (χ1v) is 7.38. The average molecular weight is 310 g/mol. The van der Waals surface area contributed by atoms with Gasteiger partial charge in [0.05, 0.1) is 5.02 Å². The fourth-order valence-electron chi connectivity index (χ4n) is 1.77. The molecule has 2 nitrogen and oxygen atoms in total. The third-order valence-corrected chi connectivity index (χ3v) is 3.62. The molecule has 2 aromatic carbocycles. The second-order valence-corrected chi connectivity index (χ2v) is 5.26. The largest absolute Gasteiger partial charge is 0.456 e. The Labute approximate surface area is 129 Å². The molecule has 0 bridgehead atoms. The number of rotatable bonds is 6. The van der Waals surface area contributed by atoms with E-state index in [2.05, 4.69) is 12.2 Å². The number of hydrogen-bond donors (Lipinski definition) is 1. The molecule has 0 fully saturated rings. The summed E-state index contributed by atoms with van der Waals surface area (Å²) in [5.41, 5.74) is 1.22. The first-order chi connectivity index (χ1) is 9.70. The molecule has 0 amide bonds. The molecule has 0 saturated carbocycles. The maximum absolute atomic E-state index is 6.09. The Morgan fingerprint density at radius 3 is 2.50 bits per heavy atom. The van der Waals surface area contributed by atoms with Crippen molar-refractivity contribution in [2.24, 2.45) is 0 Å². The molecule has 20 heavy (non-hydrogen) atoms. The van der Waals surface area contributed by atoms with Crippen molar-refractivity contribution in [3.8, 4) is 11.5 Å². The number of nitrogens with one attached hydrogen (secondary N) is 1. The van der Waals surface area contributed by atoms with Crippen LogP contribution in [0.1, 0.15) is 18.9 Å². The molecule has 0 heterocycles. The van der Waals surface area contributed by atoms with Crippen LogP contribution in [0.3, 0.4) is 0 Å². The molecule has 0 saturated heterocycles. The van der Waals surface area contributed by atoms with Gasteiger partial charge in [0.1, 0.15) is 16.5 Å². The van der Waals surface area contributed by atoms with Gasteiger partial charge in [-0.1, -0.05) is 48.3 Å². The third-order valence-electron chi connectivity index (χ3n) is 2.82. The molecule has 0 aliphatic rings. The van der Waals surface area contributed by atoms with E-state index in [0.717, 1.165) is 25.3 Å². The summed E-state index contributed by atoms with van der Waals surface area (Å²) in [6.07, 6.45) is 1.13. The van der Waals surface area contributed by atoms with Crippen molar-refractivity contribution in [2.45, 2.75) is 19.9 Å². The zero-order valence-corrected chi connectivity index (χ0v) is 12.8. The van der Waals surface area contributed by atoms with Crippen LogP contribution in [0.15, 0.2) is 42.5 Å². The highest BCUT2D eigenvalue weighted by Gasteiger charge is 2.06. The van der Waals surface area contributed by atoms with Crippen LogP contribution in [0.2, 0.25) is 10.0 Å². The smallest absolute Gasteiger partial charge is 0.147 e. The van der Waals surface area contributed by atoms with Crippen molar-refractivity contribution in [1.29, 1.82) is 0 Å². The van der Waals surface area contributed by atoms with Crippen LogP contribution in [0.4, 0.5) is 0 Å². The highest BCUT2D eigenvalue weighted by atomic mass is 35.5. The van der Waals surface area contributed by atoms with E-state index in [1.165, 1.54) is 5.56 Å². The summed E-state index contributed by atoms with van der Waals surface area (Å²) in [5.74, 6) is 1.31. The van der Waals surface area contributed by atoms with Crippen molar-refractivity contribution < 1.29 is 4.74 Å². The van der Waals surface area contributed by atoms with E-state index >= 15 is 0 Å². The Morgan fingerprint density at radius 2 is 1.80 bits per heavy atom. The molecule has 106 valence electrons. The zero-order valence-electron chi connectivity index (χ0n) is 11.3. The van der Waals surface area contributed by atoms with E-state index in [9.17, 15) is 0 Å². The van der Waals surface area contributed by atoms with Gasteiger partial charge in [0.2, 0.25) is 0 Å². The molecule has 4 heteroatoms. The van der Waals surface area contributed by atoms with Crippen molar-refractivity contribution in [3.05, 3.63) is 58.1 Å². The van der Waals surface area contributed by atoms with Crippen molar-refractivity contribution in [1.82, 2.24) is 5.32 Å². The predicted octanol–water partition coefficient (Wildman–Crippen LogP) is 5.29. The molecular weight excluding hydrogens is 293 g/mol. The van der Waals surface area contributed by atoms with Crippen LogP contribution in [0, 0.1) is 0 Å². The molecule has 0 radical (unpaired) electrons. The molecule has 2 aromatic rings. The summed E-state index contributed by atoms with van der Waals surface area (Å²) in [6, 6.07) is 13.3. The number of ether oxygens (including phenoxy) is 1. The van der Waals surface area contributed by atoms with Crippen LogP contribution >= 0.6 is 23.2 Å². The fraction of sp³-hybridized carbons (Fsp3) is 0.250. The maximum Gasteiger partial charge on any atom is 0.147 e. The van der Waals surface area contributed by atoms with E-state index in [0.29, 0.717) is 15.8 Å². The van der Waals surface area contributed by atoms with E-state index in [1.54, 1.807) is 12.1 Å². The second kappa shape index (κ2) is 7.53. The van der Waals surface area contributed by atoms with Crippen LogP contribution in [-0.2, 0) is 6.54 Å². The lowest BCUT2D eigenvalue weighted by Gasteiger charge is -2.09. The van der Waals surface area contributed by atoms with Gasteiger partial charge in [-0.25, -0.2) is 0 Å². The molecule has 0 spiro atoms. The van der Waals surface area contributed by atoms with E-state index < -0.39 is 0 Å². The van der Waals surface area contributed by atoms with Gasteiger partial charge in [0, 0.05) is 6.54 Å². The lowest BCUT2D eigenvalue weighted by Crippen LogP contribution is -2.13. The van der Waals surface area contributed by atoms with Gasteiger partial charge in [-0.2, -0.15) is 0 Å². The second-order valence-electron chi connectivity index (χ2n) is 4.47. The monoisotopic (exact) mass is 309 g/mol. The summed E-state index contributed by atoms with van der Waals surface area (Å²) in [6.45, 7) is 4.04. The highest BCUT2D eigenvalue weighted by molar-refractivity contribution is 6.42. The van der Waals surface area contributed by atoms with Crippen LogP contribution in [0.25, 0.3) is 0 Å². The minimum Gasteiger partial charge on any atom is -0.456 e. The molecule has 0 atom stereocenters. The standard InChI is InChI=1S/C16H17Cl2NO/c1-2-10-19-11-12-6-8-13(9-7-12)20-15-5-3-4-14(17)16(15)18/h3-9,19H,2,10-11H2,1H3. The highest BCUT2D eigenvalue weighted by Crippen LogP contribution is 2.34. The molecule has 1 N–H and O–H groups in total. The van der Waals surface area contributed by atoms with Gasteiger partial charge in [-0.05, 0) is 42.8 Å². The first-order valence-electron chi connectivity index (χ1n) is 6.62. The molecule has 0 unspecified atom stereocenters. The Balaban J connectivity index is 2.01. The van der Waals surface area contributed by atoms with Gasteiger partial charge < -0.3 is 10.1 Å². The van der Waals surface area contributed by atoms with Gasteiger partial charge in [-0.15, -0.1) is 0 Å². The topological polar surface area (TPSA) is 21.3 Å². The van der Waals surface area contributed by atoms with Gasteiger partial charge in [0.15, 0.2) is 0 Å². The molecule has 0 aliphatic carbocycles. The molecule has 0 aliphatic heterocycles. The van der Waals surface area contributed by atoms with Gasteiger partial charge in [0.25, 0.3) is 0 Å². The number of hydrogen-bond acceptors (Lipinski definition) is 2. The van der Waals surface area contributed by atoms with Crippen LogP contribution < -0.4 is 10.1 Å². The van der Waals surface area contributed by atoms with E-state index in [1.807, 2.05) is 30.3 Å². The summed E-state index contributed by atoms with van der Waals surface area (Å²) in [5, 5.41) is 4.28. The van der Waals surface area contributed by atoms with Crippen molar-refractivity contribution in [2.75, 3.05) is 6.54 Å². The number of benzene rings is 2. The Kier molecular flexibility index (Phi) is 5.72. The fourth-order valence-corrected chi connectivity index (χ4v) is 2.11. The van der Waals surface area contributed by atoms with Crippen LogP contribution in [0.5, 0.6) is 11.5 Å². The quantitative estimate of drug-likeness (QED) is 0.732. The van der Waals surface area contributed by atoms with Crippen LogP contribution in [-0.4, -0.2) is 6.54 Å². The normalized spacial score (nSPS) is 10.6. The summed E-state index contributed by atoms with van der Waals surface area (Å²) < 4.78 is 5.73. The van der Waals surface area contributed by atoms with Crippen molar-refractivity contribution in [3.63, 3.8) is 0 Å². The van der Waals surface area contributed by atoms with Crippen molar-refractivity contribution >= 4 is 23.2 Å². The lowest BCUT2D eigenvalue weighted by atomic mass is 10.2. The lowest BCUT2D eigenvalue weighted by molar-refractivity contribution is 0.482. The summed E-state index contributed by atoms with van der Waals surface area (Å²) >= 11 is 12.0. The Hall–Kier alpha value is -1.22. The third kappa shape index (κ3) is 4.14. The minimum absolute atomic E-state index is 0.433. The van der Waals surface area contributed by atoms with Gasteiger partial charge >= 0.3 is 0 Å². The predicted molar refractivity (Wildman–Crippen MR) is 85.0 cm³/mol. The average Bonchev–Trinajstić information content (AvgIpc) is 2.46. The Morgan fingerprint density at radius 1 is 1.05 bits per heavy atom. The SMILES string of the molecule is CCCNCc1ccc(Oc2cccc(Cl)c2Cl)cc1. The summed E-state index contributed by atoms with van der Waals surface area (Å²) in [7, 11) is 0. The van der Waals surface area contributed by atoms with E-state index in [4.69, 9.17) is 27.9 Å². The van der Waals surface area contributed by atoms with E-state index in [-0.39, 0.29) is 0 Å². The first kappa shape index (κ1) is 15.2. The maximum atomic E-state index is 6.09. The summed E-state index contributed by atoms with van der Waals surface area (Å²) in [4.78, 5) is 0. The minimum atomic E-state index is 0.433. The Bertz CT molecular complexity index is 555. The molecular formula is C16H17Cl2NO. The number of halogens is 2. The van der Waals surface area contributed by atoms with Gasteiger partial charge in [-0.3, -0.25) is 0 Å².